The van der Waals surface area contributed by atoms with E-state index in [1.165, 1.54) is 43.3 Å². The summed E-state index contributed by atoms with van der Waals surface area (Å²) < 4.78 is 54.1. The van der Waals surface area contributed by atoms with Crippen molar-refractivity contribution in [3.8, 4) is 0 Å². The van der Waals surface area contributed by atoms with E-state index >= 15 is 0 Å². The van der Waals surface area contributed by atoms with E-state index in [-0.39, 0.29) is 23.8 Å². The molecular weight excluding hydrogens is 452 g/mol. The number of hydrogen-bond donors (Lipinski definition) is 1. The first-order valence-corrected chi connectivity index (χ1v) is 12.4. The fourth-order valence-corrected chi connectivity index (χ4v) is 3.96. The van der Waals surface area contributed by atoms with Crippen molar-refractivity contribution in [1.29, 1.82) is 0 Å². The molecule has 180 valence electrons. The highest BCUT2D eigenvalue weighted by Crippen LogP contribution is 2.22. The first-order chi connectivity index (χ1) is 15.5. The first-order valence-electron chi connectivity index (χ1n) is 10.5. The molecule has 2 atom stereocenters. The van der Waals surface area contributed by atoms with Crippen LogP contribution in [0.5, 0.6) is 0 Å². The Hall–Kier alpha value is -3.01. The molecule has 0 aliphatic rings. The second-order valence-corrected chi connectivity index (χ2v) is 9.73. The lowest BCUT2D eigenvalue weighted by atomic mass is 10.1. The summed E-state index contributed by atoms with van der Waals surface area (Å²) in [6.45, 7) is 4.14. The summed E-state index contributed by atoms with van der Waals surface area (Å²) in [4.78, 5) is 27.1. The number of anilines is 1. The minimum absolute atomic E-state index is 0.156. The monoisotopic (exact) mass is 481 g/mol. The SMILES string of the molecule is CC[C@H](C)NC(=O)[C@H](C)N(Cc1ccccc1F)C(=O)CN(c1ccccc1F)S(C)(=O)=O. The Balaban J connectivity index is 2.41. The predicted octanol–water partition coefficient (Wildman–Crippen LogP) is 3.06. The Morgan fingerprint density at radius 1 is 1.00 bits per heavy atom. The number of hydrogen-bond acceptors (Lipinski definition) is 4. The van der Waals surface area contributed by atoms with Gasteiger partial charge < -0.3 is 10.2 Å². The maximum absolute atomic E-state index is 14.3. The van der Waals surface area contributed by atoms with Gasteiger partial charge in [-0.3, -0.25) is 13.9 Å². The van der Waals surface area contributed by atoms with E-state index in [0.717, 1.165) is 17.2 Å². The number of nitrogens with one attached hydrogen (secondary N) is 1. The summed E-state index contributed by atoms with van der Waals surface area (Å²) in [6, 6.07) is 9.75. The van der Waals surface area contributed by atoms with Gasteiger partial charge in [0.05, 0.1) is 11.9 Å². The van der Waals surface area contributed by atoms with Crippen LogP contribution in [0.15, 0.2) is 48.5 Å². The van der Waals surface area contributed by atoms with Crippen LogP contribution in [-0.4, -0.2) is 50.0 Å². The Morgan fingerprint density at radius 3 is 2.12 bits per heavy atom. The Labute approximate surface area is 193 Å². The maximum Gasteiger partial charge on any atom is 0.244 e. The third-order valence-corrected chi connectivity index (χ3v) is 6.39. The van der Waals surface area contributed by atoms with Crippen molar-refractivity contribution in [1.82, 2.24) is 10.2 Å². The number of nitrogens with zero attached hydrogens (tertiary/aromatic N) is 2. The highest BCUT2D eigenvalue weighted by molar-refractivity contribution is 7.92. The zero-order chi connectivity index (χ0) is 24.8. The molecule has 0 saturated carbocycles. The van der Waals surface area contributed by atoms with Crippen LogP contribution in [0.3, 0.4) is 0 Å². The summed E-state index contributed by atoms with van der Waals surface area (Å²) in [5.74, 6) is -2.64. The number of carbonyl (C=O) groups excluding carboxylic acids is 2. The molecule has 33 heavy (non-hydrogen) atoms. The van der Waals surface area contributed by atoms with Crippen molar-refractivity contribution in [2.24, 2.45) is 0 Å². The highest BCUT2D eigenvalue weighted by Gasteiger charge is 2.31. The Kier molecular flexibility index (Phi) is 8.92. The number of carbonyl (C=O) groups is 2. The number of amides is 2. The van der Waals surface area contributed by atoms with Crippen molar-refractivity contribution >= 4 is 27.5 Å². The summed E-state index contributed by atoms with van der Waals surface area (Å²) in [5, 5.41) is 2.77. The molecular formula is C23H29F2N3O4S. The largest absolute Gasteiger partial charge is 0.352 e. The molecule has 7 nitrogen and oxygen atoms in total. The predicted molar refractivity (Wildman–Crippen MR) is 123 cm³/mol. The fourth-order valence-electron chi connectivity index (χ4n) is 3.11. The van der Waals surface area contributed by atoms with Crippen LogP contribution in [0.25, 0.3) is 0 Å². The summed E-state index contributed by atoms with van der Waals surface area (Å²) in [7, 11) is -4.05. The highest BCUT2D eigenvalue weighted by atomic mass is 32.2. The average molecular weight is 482 g/mol. The van der Waals surface area contributed by atoms with Crippen molar-refractivity contribution in [2.45, 2.75) is 45.8 Å². The molecule has 0 aromatic heterocycles. The van der Waals surface area contributed by atoms with Crippen LogP contribution in [0.4, 0.5) is 14.5 Å². The Bertz CT molecular complexity index is 1090. The first kappa shape index (κ1) is 26.2. The summed E-state index contributed by atoms with van der Waals surface area (Å²) >= 11 is 0. The summed E-state index contributed by atoms with van der Waals surface area (Å²) in [5.41, 5.74) is -0.137. The lowest BCUT2D eigenvalue weighted by molar-refractivity contribution is -0.139. The van der Waals surface area contributed by atoms with Gasteiger partial charge in [-0.1, -0.05) is 37.3 Å². The second-order valence-electron chi connectivity index (χ2n) is 7.83. The quantitative estimate of drug-likeness (QED) is 0.565. The second kappa shape index (κ2) is 11.2. The Morgan fingerprint density at radius 2 is 1.58 bits per heavy atom. The molecule has 0 aliphatic heterocycles. The maximum atomic E-state index is 14.3. The number of halogens is 2. The molecule has 0 radical (unpaired) electrons. The lowest BCUT2D eigenvalue weighted by Crippen LogP contribution is -2.52. The van der Waals surface area contributed by atoms with Gasteiger partial charge in [-0.25, -0.2) is 17.2 Å². The van der Waals surface area contributed by atoms with Crippen molar-refractivity contribution < 1.29 is 26.8 Å². The molecule has 2 rings (SSSR count). The van der Waals surface area contributed by atoms with Gasteiger partial charge in [0.25, 0.3) is 0 Å². The van der Waals surface area contributed by atoms with E-state index in [1.54, 1.807) is 13.0 Å². The van der Waals surface area contributed by atoms with Crippen molar-refractivity contribution in [3.63, 3.8) is 0 Å². The number of benzene rings is 2. The zero-order valence-electron chi connectivity index (χ0n) is 19.1. The molecule has 0 spiro atoms. The van der Waals surface area contributed by atoms with Gasteiger partial charge in [-0.05, 0) is 38.5 Å². The minimum Gasteiger partial charge on any atom is -0.352 e. The van der Waals surface area contributed by atoms with Gasteiger partial charge in [-0.15, -0.1) is 0 Å². The molecule has 0 heterocycles. The molecule has 2 amide bonds. The molecule has 0 fully saturated rings. The normalized spacial score (nSPS) is 13.2. The molecule has 0 bridgehead atoms. The number of rotatable bonds is 10. The van der Waals surface area contributed by atoms with Crippen molar-refractivity contribution in [3.05, 3.63) is 65.7 Å². The van der Waals surface area contributed by atoms with Crippen LogP contribution in [0.2, 0.25) is 0 Å². The summed E-state index contributed by atoms with van der Waals surface area (Å²) in [6.07, 6.45) is 1.52. The van der Waals surface area contributed by atoms with Crippen molar-refractivity contribution in [2.75, 3.05) is 17.1 Å². The van der Waals surface area contributed by atoms with Crippen LogP contribution in [-0.2, 0) is 26.2 Å². The van der Waals surface area contributed by atoms with Crippen LogP contribution in [0, 0.1) is 11.6 Å². The molecule has 1 N–H and O–H groups in total. The molecule has 10 heteroatoms. The third kappa shape index (κ3) is 6.98. The van der Waals surface area contributed by atoms with Gasteiger partial charge in [0.15, 0.2) is 0 Å². The van der Waals surface area contributed by atoms with Gasteiger partial charge in [0, 0.05) is 18.2 Å². The molecule has 0 unspecified atom stereocenters. The van der Waals surface area contributed by atoms with E-state index in [0.29, 0.717) is 10.7 Å². The standard InChI is InChI=1S/C23H29F2N3O4S/c1-5-16(2)26-23(30)17(3)27(14-18-10-6-7-11-19(18)24)22(29)15-28(33(4,31)32)21-13-9-8-12-20(21)25/h6-13,16-17H,5,14-15H2,1-4H3,(H,26,30)/t16-,17-/m0/s1. The average Bonchev–Trinajstić information content (AvgIpc) is 2.76. The smallest absolute Gasteiger partial charge is 0.244 e. The number of sulfonamides is 1. The topological polar surface area (TPSA) is 86.8 Å². The molecule has 0 saturated heterocycles. The molecule has 2 aromatic carbocycles. The van der Waals surface area contributed by atoms with E-state index in [2.05, 4.69) is 5.32 Å². The van der Waals surface area contributed by atoms with E-state index < -0.39 is 46.1 Å². The van der Waals surface area contributed by atoms with Gasteiger partial charge in [0.1, 0.15) is 24.2 Å². The number of para-hydroxylation sites is 1. The fraction of sp³-hybridized carbons (Fsp3) is 0.391. The van der Waals surface area contributed by atoms with Crippen LogP contribution in [0.1, 0.15) is 32.8 Å². The minimum atomic E-state index is -4.05. The zero-order valence-corrected chi connectivity index (χ0v) is 19.9. The van der Waals surface area contributed by atoms with E-state index in [1.807, 2.05) is 6.92 Å². The third-order valence-electron chi connectivity index (χ3n) is 5.27. The van der Waals surface area contributed by atoms with E-state index in [4.69, 9.17) is 0 Å². The van der Waals surface area contributed by atoms with Gasteiger partial charge in [0.2, 0.25) is 21.8 Å². The lowest BCUT2D eigenvalue weighted by Gasteiger charge is -2.32. The van der Waals surface area contributed by atoms with Crippen LogP contribution < -0.4 is 9.62 Å². The van der Waals surface area contributed by atoms with Crippen LogP contribution >= 0.6 is 0 Å². The van der Waals surface area contributed by atoms with Gasteiger partial charge >= 0.3 is 0 Å². The molecule has 0 aliphatic carbocycles. The van der Waals surface area contributed by atoms with E-state index in [9.17, 15) is 26.8 Å². The molecule has 2 aromatic rings. The van der Waals surface area contributed by atoms with Gasteiger partial charge in [-0.2, -0.15) is 0 Å².